The van der Waals surface area contributed by atoms with Crippen LogP contribution in [0.1, 0.15) is 61.3 Å². The summed E-state index contributed by atoms with van der Waals surface area (Å²) in [6.07, 6.45) is 4.16. The first-order chi connectivity index (χ1) is 9.42. The Bertz CT molecular complexity index is 487. The molecule has 0 spiro atoms. The lowest BCUT2D eigenvalue weighted by Gasteiger charge is -2.30. The van der Waals surface area contributed by atoms with E-state index in [9.17, 15) is 9.90 Å². The Balaban J connectivity index is 2.13. The number of hydrogen-bond acceptors (Lipinski definition) is 2. The second-order valence-corrected chi connectivity index (χ2v) is 6.34. The lowest BCUT2D eigenvalue weighted by Crippen LogP contribution is -2.24. The van der Waals surface area contributed by atoms with E-state index in [-0.39, 0.29) is 11.8 Å². The quantitative estimate of drug-likeness (QED) is 0.860. The van der Waals surface area contributed by atoms with Gasteiger partial charge in [0.05, 0.1) is 12.5 Å². The topological polar surface area (TPSA) is 57.5 Å². The van der Waals surface area contributed by atoms with Crippen LogP contribution in [0.25, 0.3) is 0 Å². The van der Waals surface area contributed by atoms with Crippen molar-refractivity contribution in [3.63, 3.8) is 0 Å². The SMILES string of the molecule is Cc1ccc(C(O)CC2(CC(=O)O)CCCC2)cc1C. The van der Waals surface area contributed by atoms with Gasteiger partial charge >= 0.3 is 5.97 Å². The van der Waals surface area contributed by atoms with Gasteiger partial charge in [0, 0.05) is 0 Å². The molecule has 2 rings (SSSR count). The number of aliphatic hydroxyl groups is 1. The summed E-state index contributed by atoms with van der Waals surface area (Å²) in [7, 11) is 0. The van der Waals surface area contributed by atoms with Crippen LogP contribution in [0.15, 0.2) is 18.2 Å². The van der Waals surface area contributed by atoms with Crippen molar-refractivity contribution in [3.05, 3.63) is 34.9 Å². The average molecular weight is 276 g/mol. The van der Waals surface area contributed by atoms with Gasteiger partial charge in [0.15, 0.2) is 0 Å². The van der Waals surface area contributed by atoms with Gasteiger partial charge < -0.3 is 10.2 Å². The summed E-state index contributed by atoms with van der Waals surface area (Å²) in [5, 5.41) is 19.6. The van der Waals surface area contributed by atoms with Crippen LogP contribution in [-0.4, -0.2) is 16.2 Å². The van der Waals surface area contributed by atoms with Crippen molar-refractivity contribution in [1.82, 2.24) is 0 Å². The summed E-state index contributed by atoms with van der Waals surface area (Å²) >= 11 is 0. The molecular weight excluding hydrogens is 252 g/mol. The summed E-state index contributed by atoms with van der Waals surface area (Å²) in [5.74, 6) is -0.751. The van der Waals surface area contributed by atoms with Crippen molar-refractivity contribution in [2.24, 2.45) is 5.41 Å². The third-order valence-electron chi connectivity index (χ3n) is 4.73. The first-order valence-corrected chi connectivity index (χ1v) is 7.39. The van der Waals surface area contributed by atoms with Gasteiger partial charge in [-0.15, -0.1) is 0 Å². The van der Waals surface area contributed by atoms with Crippen LogP contribution in [0.5, 0.6) is 0 Å². The summed E-state index contributed by atoms with van der Waals surface area (Å²) in [5.41, 5.74) is 3.07. The summed E-state index contributed by atoms with van der Waals surface area (Å²) in [6.45, 7) is 4.09. The number of rotatable bonds is 5. The minimum atomic E-state index is -0.751. The van der Waals surface area contributed by atoms with Crippen molar-refractivity contribution >= 4 is 5.97 Å². The maximum absolute atomic E-state index is 11.1. The Morgan fingerprint density at radius 2 is 1.90 bits per heavy atom. The summed E-state index contributed by atoms with van der Waals surface area (Å²) < 4.78 is 0. The highest BCUT2D eigenvalue weighted by atomic mass is 16.4. The van der Waals surface area contributed by atoms with Crippen molar-refractivity contribution in [1.29, 1.82) is 0 Å². The zero-order valence-electron chi connectivity index (χ0n) is 12.4. The molecular formula is C17H24O3. The molecule has 0 amide bonds. The molecule has 20 heavy (non-hydrogen) atoms. The normalized spacial score (nSPS) is 18.9. The lowest BCUT2D eigenvalue weighted by atomic mass is 9.76. The zero-order chi connectivity index (χ0) is 14.8. The van der Waals surface area contributed by atoms with Crippen molar-refractivity contribution in [3.8, 4) is 0 Å². The molecule has 1 aromatic rings. The Morgan fingerprint density at radius 3 is 2.45 bits per heavy atom. The maximum Gasteiger partial charge on any atom is 0.303 e. The molecule has 1 saturated carbocycles. The fourth-order valence-corrected chi connectivity index (χ4v) is 3.40. The molecule has 1 aromatic carbocycles. The molecule has 1 unspecified atom stereocenters. The number of aliphatic hydroxyl groups excluding tert-OH is 1. The largest absolute Gasteiger partial charge is 0.481 e. The molecule has 1 aliphatic carbocycles. The summed E-state index contributed by atoms with van der Waals surface area (Å²) in [6, 6.07) is 5.99. The Hall–Kier alpha value is -1.35. The highest BCUT2D eigenvalue weighted by molar-refractivity contribution is 5.67. The van der Waals surface area contributed by atoms with Crippen molar-refractivity contribution in [2.45, 2.75) is 58.5 Å². The van der Waals surface area contributed by atoms with Crippen LogP contribution in [0.3, 0.4) is 0 Å². The minimum Gasteiger partial charge on any atom is -0.481 e. The van der Waals surface area contributed by atoms with Gasteiger partial charge in [-0.3, -0.25) is 4.79 Å². The predicted octanol–water partition coefficient (Wildman–Crippen LogP) is 3.76. The molecule has 2 N–H and O–H groups in total. The Kier molecular flexibility index (Phi) is 4.48. The number of aryl methyl sites for hydroxylation is 2. The van der Waals surface area contributed by atoms with Gasteiger partial charge in [-0.1, -0.05) is 31.0 Å². The molecule has 0 radical (unpaired) electrons. The number of aliphatic carboxylic acids is 1. The van der Waals surface area contributed by atoms with Gasteiger partial charge in [-0.2, -0.15) is 0 Å². The molecule has 0 heterocycles. The zero-order valence-corrected chi connectivity index (χ0v) is 12.4. The molecule has 3 heteroatoms. The number of carbonyl (C=O) groups is 1. The van der Waals surface area contributed by atoms with Crippen LogP contribution in [0.2, 0.25) is 0 Å². The number of carboxylic acids is 1. The molecule has 1 aliphatic rings. The molecule has 0 bridgehead atoms. The maximum atomic E-state index is 11.1. The second-order valence-electron chi connectivity index (χ2n) is 6.34. The second kappa shape index (κ2) is 5.96. The molecule has 0 aromatic heterocycles. The van der Waals surface area contributed by atoms with E-state index in [1.54, 1.807) is 0 Å². The molecule has 3 nitrogen and oxygen atoms in total. The monoisotopic (exact) mass is 276 g/mol. The van der Waals surface area contributed by atoms with Crippen molar-refractivity contribution < 1.29 is 15.0 Å². The lowest BCUT2D eigenvalue weighted by molar-refractivity contribution is -0.140. The standard InChI is InChI=1S/C17H24O3/c1-12-5-6-14(9-13(12)2)15(18)10-17(11-16(19)20)7-3-4-8-17/h5-6,9,15,18H,3-4,7-8,10-11H2,1-2H3,(H,19,20). The molecule has 1 atom stereocenters. The number of hydrogen-bond donors (Lipinski definition) is 2. The highest BCUT2D eigenvalue weighted by Gasteiger charge is 2.38. The first kappa shape index (κ1) is 15.0. The van der Waals surface area contributed by atoms with Gasteiger partial charge in [0.2, 0.25) is 0 Å². The third-order valence-corrected chi connectivity index (χ3v) is 4.73. The predicted molar refractivity (Wildman–Crippen MR) is 78.6 cm³/mol. The van der Waals surface area contributed by atoms with E-state index >= 15 is 0 Å². The van der Waals surface area contributed by atoms with E-state index < -0.39 is 12.1 Å². The van der Waals surface area contributed by atoms with Gasteiger partial charge in [0.25, 0.3) is 0 Å². The van der Waals surface area contributed by atoms with Crippen LogP contribution >= 0.6 is 0 Å². The van der Waals surface area contributed by atoms with Crippen LogP contribution in [0.4, 0.5) is 0 Å². The van der Waals surface area contributed by atoms with E-state index in [1.807, 2.05) is 32.0 Å². The molecule has 110 valence electrons. The smallest absolute Gasteiger partial charge is 0.303 e. The van der Waals surface area contributed by atoms with Crippen molar-refractivity contribution in [2.75, 3.05) is 0 Å². The fourth-order valence-electron chi connectivity index (χ4n) is 3.40. The van der Waals surface area contributed by atoms with E-state index in [1.165, 1.54) is 11.1 Å². The van der Waals surface area contributed by atoms with E-state index in [0.717, 1.165) is 31.2 Å². The van der Waals surface area contributed by atoms with Crippen LogP contribution < -0.4 is 0 Å². The summed E-state index contributed by atoms with van der Waals surface area (Å²) in [4.78, 5) is 11.1. The van der Waals surface area contributed by atoms with Crippen LogP contribution in [0, 0.1) is 19.3 Å². The Labute approximate surface area is 120 Å². The third kappa shape index (κ3) is 3.40. The van der Waals surface area contributed by atoms with E-state index in [4.69, 9.17) is 5.11 Å². The number of carboxylic acid groups (broad SMARTS) is 1. The molecule has 0 aliphatic heterocycles. The van der Waals surface area contributed by atoms with E-state index in [2.05, 4.69) is 0 Å². The fraction of sp³-hybridized carbons (Fsp3) is 0.588. The van der Waals surface area contributed by atoms with Gasteiger partial charge in [-0.25, -0.2) is 0 Å². The minimum absolute atomic E-state index is 0.175. The van der Waals surface area contributed by atoms with E-state index in [0.29, 0.717) is 6.42 Å². The molecule has 0 saturated heterocycles. The van der Waals surface area contributed by atoms with Gasteiger partial charge in [0.1, 0.15) is 0 Å². The first-order valence-electron chi connectivity index (χ1n) is 7.39. The highest BCUT2D eigenvalue weighted by Crippen LogP contribution is 2.47. The number of benzene rings is 1. The molecule has 1 fully saturated rings. The Morgan fingerprint density at radius 1 is 1.25 bits per heavy atom. The van der Waals surface area contributed by atoms with Crippen LogP contribution in [-0.2, 0) is 4.79 Å². The average Bonchev–Trinajstić information content (AvgIpc) is 2.79. The van der Waals surface area contributed by atoms with Gasteiger partial charge in [-0.05, 0) is 55.2 Å².